The van der Waals surface area contributed by atoms with Gasteiger partial charge in [-0.1, -0.05) is 69.6 Å². The van der Waals surface area contributed by atoms with Gasteiger partial charge in [-0.15, -0.1) is 11.5 Å². The van der Waals surface area contributed by atoms with Crippen LogP contribution in [0.3, 0.4) is 0 Å². The lowest BCUT2D eigenvalue weighted by atomic mass is 10.3. The van der Waals surface area contributed by atoms with Gasteiger partial charge < -0.3 is 0 Å². The van der Waals surface area contributed by atoms with E-state index in [0.717, 1.165) is 0 Å². The van der Waals surface area contributed by atoms with E-state index in [1.54, 1.807) is 0 Å². The molecular formula is C13H14Cl6O4S2. The highest BCUT2D eigenvalue weighted by molar-refractivity contribution is 8.01. The van der Waals surface area contributed by atoms with Crippen molar-refractivity contribution in [1.82, 2.24) is 0 Å². The zero-order valence-corrected chi connectivity index (χ0v) is 19.6. The lowest BCUT2D eigenvalue weighted by Gasteiger charge is -2.17. The molecule has 0 fully saturated rings. The molecule has 0 aromatic carbocycles. The smallest absolute Gasteiger partial charge is 0.219 e. The Morgan fingerprint density at radius 3 is 1.08 bits per heavy atom. The standard InChI is InChI=1S/C13H14Cl6O4S2/c1-8(2)5-10(24(20,21)12(14,15)16)7-11(6-9(3)4)25(22,23)13(17,18)19/h7H2,1-4H3. The molecule has 0 bridgehead atoms. The number of rotatable bonds is 4. The summed E-state index contributed by atoms with van der Waals surface area (Å²) < 4.78 is 44.3. The number of halogens is 6. The molecule has 0 atom stereocenters. The van der Waals surface area contributed by atoms with Gasteiger partial charge in [-0.05, 0) is 38.8 Å². The quantitative estimate of drug-likeness (QED) is 0.356. The molecule has 4 nitrogen and oxygen atoms in total. The Kier molecular flexibility index (Phi) is 9.03. The van der Waals surface area contributed by atoms with Crippen molar-refractivity contribution >= 4 is 89.3 Å². The third-order valence-electron chi connectivity index (χ3n) is 2.36. The van der Waals surface area contributed by atoms with Crippen LogP contribution in [0.2, 0.25) is 0 Å². The largest absolute Gasteiger partial charge is 0.297 e. The molecule has 144 valence electrons. The summed E-state index contributed by atoms with van der Waals surface area (Å²) >= 11 is 33.0. The second-order valence-corrected chi connectivity index (χ2v) is 15.3. The fourth-order valence-electron chi connectivity index (χ4n) is 1.40. The van der Waals surface area contributed by atoms with Gasteiger partial charge in [0.05, 0.1) is 9.81 Å². The average Bonchev–Trinajstić information content (AvgIpc) is 2.32. The summed E-state index contributed by atoms with van der Waals surface area (Å²) in [6.45, 7) is 6.12. The van der Waals surface area contributed by atoms with Gasteiger partial charge in [0.1, 0.15) is 0 Å². The summed E-state index contributed by atoms with van der Waals surface area (Å²) in [5.74, 6) is 0. The molecule has 12 heteroatoms. The molecule has 0 aliphatic rings. The normalized spacial score (nSPS) is 12.9. The minimum atomic E-state index is -4.55. The molecule has 0 aromatic rings. The minimum absolute atomic E-state index is 0.399. The maximum Gasteiger partial charge on any atom is 0.297 e. The molecule has 0 aliphatic heterocycles. The van der Waals surface area contributed by atoms with Crippen LogP contribution in [0.25, 0.3) is 0 Å². The monoisotopic (exact) mass is 508 g/mol. The van der Waals surface area contributed by atoms with E-state index < -0.39 is 42.2 Å². The van der Waals surface area contributed by atoms with E-state index in [1.165, 1.54) is 27.7 Å². The maximum atomic E-state index is 12.4. The molecule has 0 radical (unpaired) electrons. The fraction of sp³-hybridized carbons (Fsp3) is 0.538. The highest BCUT2D eigenvalue weighted by Crippen LogP contribution is 2.42. The van der Waals surface area contributed by atoms with Gasteiger partial charge >= 0.3 is 0 Å². The molecule has 0 spiro atoms. The summed E-state index contributed by atoms with van der Waals surface area (Å²) in [7, 11) is -9.11. The van der Waals surface area contributed by atoms with Crippen LogP contribution in [-0.2, 0) is 19.7 Å². The zero-order valence-electron chi connectivity index (χ0n) is 13.4. The van der Waals surface area contributed by atoms with Crippen molar-refractivity contribution in [3.63, 3.8) is 0 Å². The number of hydrogen-bond acceptors (Lipinski definition) is 4. The summed E-state index contributed by atoms with van der Waals surface area (Å²) in [6, 6.07) is 0. The van der Waals surface area contributed by atoms with Crippen LogP contribution in [0.4, 0.5) is 0 Å². The van der Waals surface area contributed by atoms with Crippen LogP contribution < -0.4 is 0 Å². The molecule has 0 aromatic heterocycles. The first-order valence-corrected chi connectivity index (χ1v) is 11.6. The molecule has 0 N–H and O–H groups in total. The van der Waals surface area contributed by atoms with Crippen molar-refractivity contribution < 1.29 is 16.8 Å². The Labute approximate surface area is 177 Å². The van der Waals surface area contributed by atoms with E-state index in [9.17, 15) is 16.8 Å². The van der Waals surface area contributed by atoms with Crippen molar-refractivity contribution in [2.45, 2.75) is 40.4 Å². The predicted molar refractivity (Wildman–Crippen MR) is 107 cm³/mol. The highest BCUT2D eigenvalue weighted by Gasteiger charge is 2.45. The highest BCUT2D eigenvalue weighted by atomic mass is 35.6. The molecule has 0 unspecified atom stereocenters. The molecular weight excluding hydrogens is 497 g/mol. The number of allylic oxidation sites excluding steroid dienone is 2. The van der Waals surface area contributed by atoms with E-state index in [4.69, 9.17) is 69.6 Å². The molecule has 0 rings (SSSR count). The van der Waals surface area contributed by atoms with Gasteiger partial charge in [0.2, 0.25) is 19.7 Å². The van der Waals surface area contributed by atoms with Gasteiger partial charge in [-0.2, -0.15) is 0 Å². The lowest BCUT2D eigenvalue weighted by Crippen LogP contribution is -2.25. The molecule has 0 amide bonds. The summed E-state index contributed by atoms with van der Waals surface area (Å²) in [5.41, 5.74) is 5.76. The lowest BCUT2D eigenvalue weighted by molar-refractivity contribution is 0.599. The van der Waals surface area contributed by atoms with Gasteiger partial charge in [-0.25, -0.2) is 16.8 Å². The van der Waals surface area contributed by atoms with Crippen LogP contribution in [-0.4, -0.2) is 23.1 Å². The topological polar surface area (TPSA) is 68.3 Å². The van der Waals surface area contributed by atoms with Crippen molar-refractivity contribution in [2.24, 2.45) is 0 Å². The molecule has 0 saturated carbocycles. The molecule has 0 aliphatic carbocycles. The zero-order chi connectivity index (χ0) is 20.4. The first kappa shape index (κ1) is 25.7. The van der Waals surface area contributed by atoms with E-state index in [-0.39, 0.29) is 0 Å². The van der Waals surface area contributed by atoms with E-state index in [2.05, 4.69) is 11.5 Å². The van der Waals surface area contributed by atoms with Gasteiger partial charge in [-0.3, -0.25) is 0 Å². The maximum absolute atomic E-state index is 12.4. The Morgan fingerprint density at radius 2 is 0.920 bits per heavy atom. The third-order valence-corrected chi connectivity index (χ3v) is 9.02. The molecule has 0 saturated heterocycles. The van der Waals surface area contributed by atoms with Crippen molar-refractivity contribution in [3.05, 3.63) is 32.4 Å². The third kappa shape index (κ3) is 6.97. The van der Waals surface area contributed by atoms with Crippen molar-refractivity contribution in [1.29, 1.82) is 0 Å². The number of hydrogen-bond donors (Lipinski definition) is 0. The first-order valence-electron chi connectivity index (χ1n) is 6.32. The van der Waals surface area contributed by atoms with E-state index in [1.807, 2.05) is 0 Å². The van der Waals surface area contributed by atoms with Crippen LogP contribution >= 0.6 is 69.6 Å². The number of alkyl halides is 6. The Hall–Kier alpha value is 0.680. The average molecular weight is 511 g/mol. The predicted octanol–water partition coefficient (Wildman–Crippen LogP) is 5.76. The SMILES string of the molecule is CC(C)=C=C(CC(=C=C(C)C)S(=O)(=O)C(Cl)(Cl)Cl)S(=O)(=O)C(Cl)(Cl)Cl. The molecule has 25 heavy (non-hydrogen) atoms. The van der Waals surface area contributed by atoms with Crippen LogP contribution in [0.1, 0.15) is 34.1 Å². The van der Waals surface area contributed by atoms with Crippen molar-refractivity contribution in [2.75, 3.05) is 0 Å². The summed E-state index contributed by atoms with van der Waals surface area (Å²) in [5, 5.41) is 0. The first-order chi connectivity index (χ1) is 10.8. The second kappa shape index (κ2) is 8.79. The second-order valence-electron chi connectivity index (χ2n) is 5.17. The van der Waals surface area contributed by atoms with E-state index >= 15 is 0 Å². The number of sulfone groups is 2. The Morgan fingerprint density at radius 1 is 0.680 bits per heavy atom. The van der Waals surface area contributed by atoms with Crippen LogP contribution in [0.15, 0.2) is 32.4 Å². The summed E-state index contributed by atoms with van der Waals surface area (Å²) in [4.78, 5) is -1.18. The van der Waals surface area contributed by atoms with Crippen LogP contribution in [0, 0.1) is 0 Å². The van der Waals surface area contributed by atoms with Gasteiger partial charge in [0.15, 0.2) is 0 Å². The Bertz CT molecular complexity index is 792. The van der Waals surface area contributed by atoms with Gasteiger partial charge in [0, 0.05) is 6.42 Å². The van der Waals surface area contributed by atoms with E-state index in [0.29, 0.717) is 11.1 Å². The minimum Gasteiger partial charge on any atom is -0.219 e. The van der Waals surface area contributed by atoms with Crippen LogP contribution in [0.5, 0.6) is 0 Å². The molecule has 0 heterocycles. The summed E-state index contributed by atoms with van der Waals surface area (Å²) in [6.07, 6.45) is -0.747. The fourth-order valence-corrected chi connectivity index (χ4v) is 5.07. The van der Waals surface area contributed by atoms with Gasteiger partial charge in [0.25, 0.3) is 6.25 Å². The Balaban J connectivity index is 6.81. The van der Waals surface area contributed by atoms with Crippen molar-refractivity contribution in [3.8, 4) is 0 Å².